The number of carbonyl (C=O) groups excluding carboxylic acids is 1. The lowest BCUT2D eigenvalue weighted by atomic mass is 10.0. The van der Waals surface area contributed by atoms with Gasteiger partial charge in [-0.05, 0) is 30.3 Å². The van der Waals surface area contributed by atoms with E-state index in [1.807, 2.05) is 0 Å². The maximum atomic E-state index is 14.7. The summed E-state index contributed by atoms with van der Waals surface area (Å²) in [6, 6.07) is 6.45. The van der Waals surface area contributed by atoms with Gasteiger partial charge in [0.1, 0.15) is 12.6 Å². The molecule has 3 aromatic rings. The first-order valence-electron chi connectivity index (χ1n) is 8.73. The van der Waals surface area contributed by atoms with E-state index in [2.05, 4.69) is 9.97 Å². The van der Waals surface area contributed by atoms with Crippen LogP contribution in [0.25, 0.3) is 11.0 Å². The molecule has 29 heavy (non-hydrogen) atoms. The molecular weight excluding hydrogens is 394 g/mol. The molecule has 2 heterocycles. The van der Waals surface area contributed by atoms with Gasteiger partial charge in [-0.25, -0.2) is 22.9 Å². The van der Waals surface area contributed by atoms with Gasteiger partial charge in [0.15, 0.2) is 11.6 Å². The van der Waals surface area contributed by atoms with Crippen molar-refractivity contribution in [3.63, 3.8) is 0 Å². The molecule has 0 aliphatic carbocycles. The number of carbonyl (C=O) groups is 1. The van der Waals surface area contributed by atoms with Crippen molar-refractivity contribution in [2.24, 2.45) is 0 Å². The summed E-state index contributed by atoms with van der Waals surface area (Å²) in [4.78, 5) is 20.5. The number of rotatable bonds is 6. The van der Waals surface area contributed by atoms with Crippen LogP contribution in [0.2, 0.25) is 0 Å². The zero-order valence-corrected chi connectivity index (χ0v) is 14.9. The van der Waals surface area contributed by atoms with Crippen molar-refractivity contribution in [1.29, 1.82) is 0 Å². The Morgan fingerprint density at radius 1 is 1.24 bits per heavy atom. The monoisotopic (exact) mass is 409 g/mol. The van der Waals surface area contributed by atoms with Crippen LogP contribution in [0.4, 0.5) is 28.0 Å². The van der Waals surface area contributed by atoms with Gasteiger partial charge >= 0.3 is 6.09 Å². The third-order valence-electron chi connectivity index (χ3n) is 4.58. The number of nitrogens with one attached hydrogen (secondary N) is 1. The van der Waals surface area contributed by atoms with E-state index in [0.29, 0.717) is 16.7 Å². The number of benzene rings is 2. The van der Waals surface area contributed by atoms with Crippen molar-refractivity contribution < 1.29 is 31.8 Å². The third kappa shape index (κ3) is 3.57. The summed E-state index contributed by atoms with van der Waals surface area (Å²) in [5.74, 6) is -3.00. The minimum absolute atomic E-state index is 0.112. The van der Waals surface area contributed by atoms with Crippen molar-refractivity contribution in [3.8, 4) is 5.75 Å². The molecule has 1 N–H and O–H groups in total. The predicted octanol–water partition coefficient (Wildman–Crippen LogP) is 4.57. The first-order chi connectivity index (χ1) is 14.0. The highest BCUT2D eigenvalue weighted by molar-refractivity contribution is 5.93. The van der Waals surface area contributed by atoms with Crippen LogP contribution in [0.15, 0.2) is 36.7 Å². The zero-order chi connectivity index (χ0) is 20.5. The van der Waals surface area contributed by atoms with Gasteiger partial charge in [-0.15, -0.1) is 0 Å². The van der Waals surface area contributed by atoms with Crippen LogP contribution in [0, 0.1) is 11.6 Å². The van der Waals surface area contributed by atoms with Gasteiger partial charge in [-0.2, -0.15) is 4.39 Å². The second kappa shape index (κ2) is 7.61. The van der Waals surface area contributed by atoms with E-state index in [4.69, 9.17) is 9.47 Å². The molecule has 0 radical (unpaired) electrons. The topological polar surface area (TPSA) is 67.5 Å². The fraction of sp³-hybridized carbons (Fsp3) is 0.263. The number of nitrogens with zero attached hydrogens (tertiary/aromatic N) is 2. The van der Waals surface area contributed by atoms with E-state index < -0.39 is 49.0 Å². The summed E-state index contributed by atoms with van der Waals surface area (Å²) in [5, 5.41) is 0. The van der Waals surface area contributed by atoms with Crippen molar-refractivity contribution in [2.75, 3.05) is 18.1 Å². The molecule has 6 nitrogen and oxygen atoms in total. The summed E-state index contributed by atoms with van der Waals surface area (Å²) >= 11 is 0. The Kier molecular flexibility index (Phi) is 4.99. The number of aromatic amines is 1. The molecule has 1 aliphatic heterocycles. The molecule has 1 fully saturated rings. The van der Waals surface area contributed by atoms with E-state index >= 15 is 0 Å². The Morgan fingerprint density at radius 3 is 2.86 bits per heavy atom. The molecule has 1 atom stereocenters. The molecule has 2 aromatic carbocycles. The molecule has 4 rings (SSSR count). The molecule has 0 saturated carbocycles. The first kappa shape index (κ1) is 19.0. The van der Waals surface area contributed by atoms with Gasteiger partial charge in [0.25, 0.3) is 0 Å². The summed E-state index contributed by atoms with van der Waals surface area (Å²) in [6.07, 6.45) is -2.41. The number of anilines is 1. The molecule has 1 aliphatic rings. The van der Waals surface area contributed by atoms with E-state index in [0.717, 1.165) is 6.07 Å². The maximum Gasteiger partial charge on any atom is 0.415 e. The molecule has 0 spiro atoms. The number of cyclic esters (lactones) is 1. The lowest BCUT2D eigenvalue weighted by Crippen LogP contribution is -2.28. The molecular formula is C19H15F4N3O3. The third-order valence-corrected chi connectivity index (χ3v) is 4.58. The summed E-state index contributed by atoms with van der Waals surface area (Å²) < 4.78 is 63.4. The van der Waals surface area contributed by atoms with Crippen LogP contribution in [0.1, 0.15) is 18.0 Å². The van der Waals surface area contributed by atoms with E-state index in [-0.39, 0.29) is 12.2 Å². The lowest BCUT2D eigenvalue weighted by molar-refractivity contribution is 0.112. The number of halogens is 4. The van der Waals surface area contributed by atoms with Crippen LogP contribution in [0.3, 0.4) is 0 Å². The summed E-state index contributed by atoms with van der Waals surface area (Å²) in [7, 11) is 0. The summed E-state index contributed by atoms with van der Waals surface area (Å²) in [6.45, 7) is -0.628. The minimum atomic E-state index is -2.61. The molecule has 1 unspecified atom stereocenters. The average molecular weight is 409 g/mol. The average Bonchev–Trinajstić information content (AvgIpc) is 3.30. The zero-order valence-electron chi connectivity index (χ0n) is 14.9. The Hall–Kier alpha value is -3.30. The van der Waals surface area contributed by atoms with Gasteiger partial charge in [0.2, 0.25) is 12.2 Å². The fourth-order valence-electron chi connectivity index (χ4n) is 3.18. The SMILES string of the molecule is O=C1OCC(c2ccc(OCCC(F)F)c(F)c2F)N1c1ccc2nc[nH]c2c1. The second-order valence-electron chi connectivity index (χ2n) is 6.38. The van der Waals surface area contributed by atoms with E-state index in [1.54, 1.807) is 18.2 Å². The van der Waals surface area contributed by atoms with Gasteiger partial charge in [0.05, 0.1) is 29.7 Å². The van der Waals surface area contributed by atoms with E-state index in [9.17, 15) is 22.4 Å². The number of amides is 1. The molecule has 1 aromatic heterocycles. The van der Waals surface area contributed by atoms with E-state index in [1.165, 1.54) is 17.3 Å². The van der Waals surface area contributed by atoms with Crippen molar-refractivity contribution >= 4 is 22.8 Å². The standard InChI is InChI=1S/C19H15F4N3O3/c20-16(21)5-6-28-15-4-2-11(17(22)18(15)23)14-8-29-19(27)26(14)10-1-3-12-13(7-10)25-9-24-12/h1-4,7,9,14,16H,5-6,8H2,(H,24,25). The van der Waals surface area contributed by atoms with Gasteiger partial charge in [-0.1, -0.05) is 0 Å². The number of H-pyrrole nitrogens is 1. The quantitative estimate of drug-likeness (QED) is 0.606. The predicted molar refractivity (Wildman–Crippen MR) is 95.1 cm³/mol. The number of fused-ring (bicyclic) bond motifs is 1. The van der Waals surface area contributed by atoms with Crippen LogP contribution in [-0.2, 0) is 4.74 Å². The number of hydrogen-bond donors (Lipinski definition) is 1. The number of ether oxygens (including phenoxy) is 2. The van der Waals surface area contributed by atoms with Crippen LogP contribution >= 0.6 is 0 Å². The Bertz CT molecular complexity index is 1060. The molecule has 1 saturated heterocycles. The molecule has 1 amide bonds. The Balaban J connectivity index is 1.64. The summed E-state index contributed by atoms with van der Waals surface area (Å²) in [5.41, 5.74) is 1.65. The molecule has 152 valence electrons. The van der Waals surface area contributed by atoms with Crippen LogP contribution in [0.5, 0.6) is 5.75 Å². The molecule has 0 bridgehead atoms. The number of aromatic nitrogens is 2. The van der Waals surface area contributed by atoms with Crippen LogP contribution < -0.4 is 9.64 Å². The minimum Gasteiger partial charge on any atom is -0.490 e. The largest absolute Gasteiger partial charge is 0.490 e. The molecule has 10 heteroatoms. The smallest absolute Gasteiger partial charge is 0.415 e. The second-order valence-corrected chi connectivity index (χ2v) is 6.38. The Morgan fingerprint density at radius 2 is 2.07 bits per heavy atom. The van der Waals surface area contributed by atoms with Crippen molar-refractivity contribution in [2.45, 2.75) is 18.9 Å². The lowest BCUT2D eigenvalue weighted by Gasteiger charge is -2.22. The normalized spacial score (nSPS) is 16.7. The van der Waals surface area contributed by atoms with Gasteiger partial charge < -0.3 is 14.5 Å². The van der Waals surface area contributed by atoms with Crippen LogP contribution in [-0.4, -0.2) is 35.7 Å². The fourth-order valence-corrected chi connectivity index (χ4v) is 3.18. The van der Waals surface area contributed by atoms with Gasteiger partial charge in [-0.3, -0.25) is 4.90 Å². The highest BCUT2D eigenvalue weighted by atomic mass is 19.3. The van der Waals surface area contributed by atoms with Gasteiger partial charge in [0, 0.05) is 12.0 Å². The Labute approximate surface area is 162 Å². The highest BCUT2D eigenvalue weighted by Gasteiger charge is 2.38. The maximum absolute atomic E-state index is 14.7. The highest BCUT2D eigenvalue weighted by Crippen LogP contribution is 2.37. The number of hydrogen-bond acceptors (Lipinski definition) is 4. The van der Waals surface area contributed by atoms with Crippen molar-refractivity contribution in [3.05, 3.63) is 53.9 Å². The van der Waals surface area contributed by atoms with Crippen molar-refractivity contribution in [1.82, 2.24) is 9.97 Å². The first-order valence-corrected chi connectivity index (χ1v) is 8.73. The number of alkyl halides is 2. The number of imidazole rings is 1.